The molecule has 1 nitrogen and oxygen atoms in total. The van der Waals surface area contributed by atoms with Gasteiger partial charge in [-0.1, -0.05) is 6.92 Å². The standard InChI is InChI=1S/C8H13N/c1-6-4-7-2-3-8(5-6)9-7/h6-7H,2-5H2,1H3/t6-,7+/m1/s1. The molecule has 0 saturated heterocycles. The van der Waals surface area contributed by atoms with Gasteiger partial charge in [0, 0.05) is 5.71 Å². The van der Waals surface area contributed by atoms with Crippen molar-refractivity contribution in [3.63, 3.8) is 0 Å². The molecule has 0 radical (unpaired) electrons. The maximum atomic E-state index is 4.56. The molecular formula is C8H13N. The molecule has 50 valence electrons. The molecule has 0 saturated carbocycles. The van der Waals surface area contributed by atoms with Crippen molar-refractivity contribution in [3.8, 4) is 0 Å². The normalized spacial score (nSPS) is 40.8. The van der Waals surface area contributed by atoms with Gasteiger partial charge in [0.05, 0.1) is 6.04 Å². The van der Waals surface area contributed by atoms with Gasteiger partial charge in [0.2, 0.25) is 0 Å². The summed E-state index contributed by atoms with van der Waals surface area (Å²) in [4.78, 5) is 4.56. The fraction of sp³-hybridized carbons (Fsp3) is 0.875. The second-order valence-corrected chi connectivity index (χ2v) is 3.43. The molecule has 2 heterocycles. The van der Waals surface area contributed by atoms with Crippen LogP contribution < -0.4 is 0 Å². The minimum Gasteiger partial charge on any atom is -0.291 e. The molecule has 0 aromatic heterocycles. The molecule has 0 spiro atoms. The predicted molar refractivity (Wildman–Crippen MR) is 38.9 cm³/mol. The van der Waals surface area contributed by atoms with Crippen molar-refractivity contribution in [1.82, 2.24) is 0 Å². The smallest absolute Gasteiger partial charge is 0.0505 e. The summed E-state index contributed by atoms with van der Waals surface area (Å²) < 4.78 is 0. The van der Waals surface area contributed by atoms with Crippen LogP contribution in [0.4, 0.5) is 0 Å². The minimum atomic E-state index is 0.726. The van der Waals surface area contributed by atoms with Crippen LogP contribution in [0.1, 0.15) is 32.6 Å². The Bertz CT molecular complexity index is 149. The van der Waals surface area contributed by atoms with Crippen LogP contribution in [0.15, 0.2) is 4.99 Å². The summed E-state index contributed by atoms with van der Waals surface area (Å²) in [5.41, 5.74) is 1.50. The zero-order valence-electron chi connectivity index (χ0n) is 5.93. The van der Waals surface area contributed by atoms with E-state index in [0.29, 0.717) is 0 Å². The van der Waals surface area contributed by atoms with Crippen LogP contribution in [0.5, 0.6) is 0 Å². The van der Waals surface area contributed by atoms with Crippen LogP contribution in [-0.2, 0) is 0 Å². The fourth-order valence-corrected chi connectivity index (χ4v) is 2.00. The molecule has 0 N–H and O–H groups in total. The predicted octanol–water partition coefficient (Wildman–Crippen LogP) is 2.02. The topological polar surface area (TPSA) is 12.4 Å². The van der Waals surface area contributed by atoms with E-state index >= 15 is 0 Å². The van der Waals surface area contributed by atoms with Crippen molar-refractivity contribution in [2.24, 2.45) is 10.9 Å². The second-order valence-electron chi connectivity index (χ2n) is 3.43. The molecule has 0 unspecified atom stereocenters. The zero-order valence-corrected chi connectivity index (χ0v) is 5.93. The van der Waals surface area contributed by atoms with E-state index in [2.05, 4.69) is 11.9 Å². The Balaban J connectivity index is 2.16. The molecule has 2 bridgehead atoms. The van der Waals surface area contributed by atoms with Crippen molar-refractivity contribution in [3.05, 3.63) is 0 Å². The van der Waals surface area contributed by atoms with E-state index in [9.17, 15) is 0 Å². The van der Waals surface area contributed by atoms with Gasteiger partial charge >= 0.3 is 0 Å². The van der Waals surface area contributed by atoms with Gasteiger partial charge in [-0.05, 0) is 31.6 Å². The number of hydrogen-bond donors (Lipinski definition) is 0. The molecule has 2 aliphatic rings. The number of nitrogens with zero attached hydrogens (tertiary/aromatic N) is 1. The van der Waals surface area contributed by atoms with Gasteiger partial charge in [-0.25, -0.2) is 0 Å². The third-order valence-electron chi connectivity index (χ3n) is 2.39. The molecule has 2 rings (SSSR count). The van der Waals surface area contributed by atoms with Crippen LogP contribution in [0.2, 0.25) is 0 Å². The van der Waals surface area contributed by atoms with Crippen LogP contribution in [0, 0.1) is 5.92 Å². The number of rotatable bonds is 0. The Labute approximate surface area is 56.2 Å². The molecule has 0 aliphatic carbocycles. The summed E-state index contributed by atoms with van der Waals surface area (Å²) in [6.45, 7) is 2.34. The zero-order chi connectivity index (χ0) is 6.27. The van der Waals surface area contributed by atoms with E-state index in [-0.39, 0.29) is 0 Å². The Kier molecular flexibility index (Phi) is 1.11. The average Bonchev–Trinajstić information content (AvgIpc) is 2.11. The lowest BCUT2D eigenvalue weighted by Gasteiger charge is -2.16. The number of hydrogen-bond acceptors (Lipinski definition) is 1. The van der Waals surface area contributed by atoms with E-state index in [4.69, 9.17) is 0 Å². The summed E-state index contributed by atoms with van der Waals surface area (Å²) in [7, 11) is 0. The molecule has 2 atom stereocenters. The maximum absolute atomic E-state index is 4.56. The highest BCUT2D eigenvalue weighted by molar-refractivity contribution is 5.87. The Morgan fingerprint density at radius 1 is 1.56 bits per heavy atom. The van der Waals surface area contributed by atoms with Crippen molar-refractivity contribution >= 4 is 5.71 Å². The minimum absolute atomic E-state index is 0.726. The van der Waals surface area contributed by atoms with Crippen LogP contribution in [-0.4, -0.2) is 11.8 Å². The third kappa shape index (κ3) is 0.887. The van der Waals surface area contributed by atoms with Gasteiger partial charge in [0.15, 0.2) is 0 Å². The van der Waals surface area contributed by atoms with Crippen LogP contribution >= 0.6 is 0 Å². The summed E-state index contributed by atoms with van der Waals surface area (Å²) in [6.07, 6.45) is 5.29. The third-order valence-corrected chi connectivity index (χ3v) is 2.39. The lowest BCUT2D eigenvalue weighted by atomic mass is 9.97. The first kappa shape index (κ1) is 5.45. The van der Waals surface area contributed by atoms with Gasteiger partial charge in [0.25, 0.3) is 0 Å². The van der Waals surface area contributed by atoms with E-state index in [1.54, 1.807) is 0 Å². The maximum Gasteiger partial charge on any atom is 0.0505 e. The first-order valence-corrected chi connectivity index (χ1v) is 3.90. The second kappa shape index (κ2) is 1.83. The fourth-order valence-electron chi connectivity index (χ4n) is 2.00. The van der Waals surface area contributed by atoms with E-state index in [0.717, 1.165) is 12.0 Å². The Morgan fingerprint density at radius 3 is 3.22 bits per heavy atom. The quantitative estimate of drug-likeness (QED) is 0.467. The van der Waals surface area contributed by atoms with Gasteiger partial charge in [-0.2, -0.15) is 0 Å². The molecule has 9 heavy (non-hydrogen) atoms. The number of fused-ring (bicyclic) bond motifs is 1. The molecule has 0 aromatic carbocycles. The summed E-state index contributed by atoms with van der Waals surface area (Å²) >= 11 is 0. The molecule has 2 aliphatic heterocycles. The summed E-state index contributed by atoms with van der Waals surface area (Å²) in [6, 6.07) is 0.726. The largest absolute Gasteiger partial charge is 0.291 e. The molecule has 0 aromatic rings. The summed E-state index contributed by atoms with van der Waals surface area (Å²) in [5, 5.41) is 0. The van der Waals surface area contributed by atoms with Gasteiger partial charge in [0.1, 0.15) is 0 Å². The van der Waals surface area contributed by atoms with Crippen LogP contribution in [0.3, 0.4) is 0 Å². The Morgan fingerprint density at radius 2 is 2.44 bits per heavy atom. The highest BCUT2D eigenvalue weighted by Crippen LogP contribution is 2.30. The van der Waals surface area contributed by atoms with E-state index < -0.39 is 0 Å². The van der Waals surface area contributed by atoms with Gasteiger partial charge in [-0.3, -0.25) is 4.99 Å². The lowest BCUT2D eigenvalue weighted by molar-refractivity contribution is 0.472. The first-order valence-electron chi connectivity index (χ1n) is 3.90. The molecule has 0 amide bonds. The monoisotopic (exact) mass is 123 g/mol. The lowest BCUT2D eigenvalue weighted by Crippen LogP contribution is -2.12. The van der Waals surface area contributed by atoms with Crippen molar-refractivity contribution < 1.29 is 0 Å². The van der Waals surface area contributed by atoms with Crippen LogP contribution in [0.25, 0.3) is 0 Å². The highest BCUT2D eigenvalue weighted by atomic mass is 14.8. The van der Waals surface area contributed by atoms with Crippen molar-refractivity contribution in [2.75, 3.05) is 0 Å². The SMILES string of the molecule is C[C@H]1CC2=N[C@@H](CC2)C1. The first-order chi connectivity index (χ1) is 4.34. The summed E-state index contributed by atoms with van der Waals surface area (Å²) in [5.74, 6) is 0.921. The average molecular weight is 123 g/mol. The van der Waals surface area contributed by atoms with Gasteiger partial charge in [-0.15, -0.1) is 0 Å². The Hall–Kier alpha value is -0.330. The number of aliphatic imine (C=N–C) groups is 1. The van der Waals surface area contributed by atoms with Gasteiger partial charge < -0.3 is 0 Å². The molecule has 0 fully saturated rings. The molecule has 1 heteroatoms. The highest BCUT2D eigenvalue weighted by Gasteiger charge is 2.25. The van der Waals surface area contributed by atoms with Crippen molar-refractivity contribution in [1.29, 1.82) is 0 Å². The molecular weight excluding hydrogens is 110 g/mol. The van der Waals surface area contributed by atoms with E-state index in [1.807, 2.05) is 0 Å². The van der Waals surface area contributed by atoms with Crippen molar-refractivity contribution in [2.45, 2.75) is 38.6 Å². The van der Waals surface area contributed by atoms with E-state index in [1.165, 1.54) is 31.4 Å².